The highest BCUT2D eigenvalue weighted by Crippen LogP contribution is 2.23. The average Bonchev–Trinajstić information content (AvgIpc) is 3.17. The van der Waals surface area contributed by atoms with E-state index in [4.69, 9.17) is 10.3 Å². The summed E-state index contributed by atoms with van der Waals surface area (Å²) < 4.78 is 6.86. The van der Waals surface area contributed by atoms with Crippen LogP contribution in [0.1, 0.15) is 57.8 Å². The van der Waals surface area contributed by atoms with E-state index in [1.807, 2.05) is 58.0 Å². The molecule has 0 amide bonds. The van der Waals surface area contributed by atoms with Gasteiger partial charge >= 0.3 is 5.69 Å². The van der Waals surface area contributed by atoms with Crippen LogP contribution in [0.4, 0.5) is 11.5 Å². The molecule has 3 rings (SSSR count). The van der Waals surface area contributed by atoms with Crippen molar-refractivity contribution >= 4 is 11.5 Å². The lowest BCUT2D eigenvalue weighted by Crippen LogP contribution is -2.38. The fourth-order valence-corrected chi connectivity index (χ4v) is 3.23. The number of nitrogens with two attached hydrogens (primary N) is 1. The summed E-state index contributed by atoms with van der Waals surface area (Å²) in [6, 6.07) is 9.69. The van der Waals surface area contributed by atoms with Gasteiger partial charge in [0, 0.05) is 18.5 Å². The zero-order valence-electron chi connectivity index (χ0n) is 18.5. The Bertz CT molecular complexity index is 1120. The molecule has 2 heterocycles. The number of nitrogens with one attached hydrogen (secondary N) is 1. The van der Waals surface area contributed by atoms with Crippen LogP contribution in [0.15, 0.2) is 44.4 Å². The van der Waals surface area contributed by atoms with Crippen LogP contribution in [0.3, 0.4) is 0 Å². The van der Waals surface area contributed by atoms with E-state index < -0.39 is 11.2 Å². The minimum atomic E-state index is -0.540. The topological polar surface area (TPSA) is 123 Å². The number of unbranched alkanes of at least 4 members (excludes halogenated alkanes) is 1. The lowest BCUT2D eigenvalue weighted by Gasteiger charge is -2.25. The normalized spacial score (nSPS) is 11.6. The van der Waals surface area contributed by atoms with Crippen molar-refractivity contribution in [2.75, 3.05) is 10.6 Å². The second kappa shape index (κ2) is 9.20. The maximum absolute atomic E-state index is 12.8. The Morgan fingerprint density at radius 1 is 1.16 bits per heavy atom. The molecule has 166 valence electrons. The summed E-state index contributed by atoms with van der Waals surface area (Å²) in [4.78, 5) is 33.8. The van der Waals surface area contributed by atoms with Gasteiger partial charge in [0.05, 0.1) is 6.54 Å². The number of hydrogen-bond acceptors (Lipinski definition) is 7. The van der Waals surface area contributed by atoms with Gasteiger partial charge in [0.15, 0.2) is 5.82 Å². The van der Waals surface area contributed by atoms with E-state index in [0.717, 1.165) is 18.4 Å². The number of nitrogen functional groups attached to an aromatic ring is 1. The first-order valence-corrected chi connectivity index (χ1v) is 10.4. The van der Waals surface area contributed by atoms with Crippen molar-refractivity contribution in [2.24, 2.45) is 0 Å². The molecular formula is C22H30N6O3. The lowest BCUT2D eigenvalue weighted by molar-refractivity contribution is 0.361. The van der Waals surface area contributed by atoms with E-state index in [0.29, 0.717) is 24.8 Å². The summed E-state index contributed by atoms with van der Waals surface area (Å²) in [6.45, 7) is 9.00. The Morgan fingerprint density at radius 3 is 2.48 bits per heavy atom. The zero-order valence-corrected chi connectivity index (χ0v) is 18.5. The highest BCUT2D eigenvalue weighted by Gasteiger charge is 2.24. The molecule has 0 bridgehead atoms. The van der Waals surface area contributed by atoms with Crippen molar-refractivity contribution < 1.29 is 4.52 Å². The van der Waals surface area contributed by atoms with Crippen molar-refractivity contribution in [1.82, 2.24) is 19.7 Å². The number of anilines is 2. The van der Waals surface area contributed by atoms with E-state index in [-0.39, 0.29) is 23.5 Å². The molecule has 0 saturated heterocycles. The van der Waals surface area contributed by atoms with Crippen molar-refractivity contribution in [1.29, 1.82) is 0 Å². The molecule has 0 saturated carbocycles. The average molecular weight is 427 g/mol. The third kappa shape index (κ3) is 5.22. The smallest absolute Gasteiger partial charge is 0.330 e. The van der Waals surface area contributed by atoms with Gasteiger partial charge in [-0.15, -0.1) is 0 Å². The van der Waals surface area contributed by atoms with Gasteiger partial charge in [0.2, 0.25) is 5.89 Å². The summed E-state index contributed by atoms with van der Waals surface area (Å²) in [5, 5.41) is 4.07. The monoisotopic (exact) mass is 426 g/mol. The summed E-state index contributed by atoms with van der Waals surface area (Å²) in [7, 11) is 0. The van der Waals surface area contributed by atoms with Crippen LogP contribution in [-0.2, 0) is 25.0 Å². The molecule has 0 spiro atoms. The molecule has 3 N–H and O–H groups in total. The van der Waals surface area contributed by atoms with E-state index in [2.05, 4.69) is 15.1 Å². The van der Waals surface area contributed by atoms with Crippen LogP contribution in [0.25, 0.3) is 0 Å². The minimum Gasteiger partial charge on any atom is -0.383 e. The van der Waals surface area contributed by atoms with E-state index in [1.54, 1.807) is 4.90 Å². The molecule has 9 nitrogen and oxygen atoms in total. The van der Waals surface area contributed by atoms with Gasteiger partial charge in [0.1, 0.15) is 11.5 Å². The number of benzene rings is 1. The minimum absolute atomic E-state index is 0.133. The fourth-order valence-electron chi connectivity index (χ4n) is 3.23. The second-order valence-electron chi connectivity index (χ2n) is 8.60. The van der Waals surface area contributed by atoms with Gasteiger partial charge in [0.25, 0.3) is 5.56 Å². The lowest BCUT2D eigenvalue weighted by atomic mass is 9.96. The van der Waals surface area contributed by atoms with E-state index in [1.165, 1.54) is 4.57 Å². The number of H-pyrrole nitrogens is 1. The van der Waals surface area contributed by atoms with Crippen LogP contribution < -0.4 is 21.9 Å². The van der Waals surface area contributed by atoms with Crippen LogP contribution in [-0.4, -0.2) is 19.7 Å². The molecule has 2 aromatic heterocycles. The van der Waals surface area contributed by atoms with Crippen molar-refractivity contribution in [3.05, 3.63) is 68.4 Å². The molecule has 31 heavy (non-hydrogen) atoms. The standard InChI is InChI=1S/C22H30N6O3/c1-5-6-12-28-18(23)17(19(29)25-21(28)30)27(13-15-10-8-7-9-11-15)14-16-24-20(26-31-16)22(2,3)4/h7-11H,5-6,12-14,23H2,1-4H3,(H,25,29,30). The third-order valence-electron chi connectivity index (χ3n) is 4.95. The molecule has 0 fully saturated rings. The predicted octanol–water partition coefficient (Wildman–Crippen LogP) is 2.81. The molecule has 3 aromatic rings. The Morgan fingerprint density at radius 2 is 1.87 bits per heavy atom. The van der Waals surface area contributed by atoms with Crippen molar-refractivity contribution in [2.45, 2.75) is 65.6 Å². The highest BCUT2D eigenvalue weighted by molar-refractivity contribution is 5.62. The summed E-state index contributed by atoms with van der Waals surface area (Å²) in [6.07, 6.45) is 1.67. The largest absolute Gasteiger partial charge is 0.383 e. The Balaban J connectivity index is 2.05. The maximum Gasteiger partial charge on any atom is 0.330 e. The van der Waals surface area contributed by atoms with Gasteiger partial charge in [-0.1, -0.05) is 69.6 Å². The fraction of sp³-hybridized carbons (Fsp3) is 0.455. The van der Waals surface area contributed by atoms with Gasteiger partial charge in [-0.05, 0) is 12.0 Å². The van der Waals surface area contributed by atoms with Gasteiger partial charge in [-0.3, -0.25) is 14.3 Å². The molecule has 0 unspecified atom stereocenters. The van der Waals surface area contributed by atoms with Crippen molar-refractivity contribution in [3.63, 3.8) is 0 Å². The molecule has 0 radical (unpaired) electrons. The third-order valence-corrected chi connectivity index (χ3v) is 4.95. The van der Waals surface area contributed by atoms with E-state index in [9.17, 15) is 9.59 Å². The number of rotatable bonds is 8. The maximum atomic E-state index is 12.8. The number of nitrogens with zero attached hydrogens (tertiary/aromatic N) is 4. The highest BCUT2D eigenvalue weighted by atomic mass is 16.5. The number of aromatic nitrogens is 4. The first-order valence-electron chi connectivity index (χ1n) is 10.4. The van der Waals surface area contributed by atoms with Gasteiger partial charge in [-0.25, -0.2) is 4.79 Å². The second-order valence-corrected chi connectivity index (χ2v) is 8.60. The molecule has 0 atom stereocenters. The quantitative estimate of drug-likeness (QED) is 0.568. The molecule has 0 aliphatic carbocycles. The summed E-state index contributed by atoms with van der Waals surface area (Å²) in [5.41, 5.74) is 6.22. The zero-order chi connectivity index (χ0) is 22.6. The Kier molecular flexibility index (Phi) is 6.62. The van der Waals surface area contributed by atoms with Crippen LogP contribution in [0.5, 0.6) is 0 Å². The molecule has 1 aromatic carbocycles. The number of hydrogen-bond donors (Lipinski definition) is 2. The molecular weight excluding hydrogens is 396 g/mol. The van der Waals surface area contributed by atoms with Gasteiger partial charge < -0.3 is 15.2 Å². The van der Waals surface area contributed by atoms with Crippen LogP contribution in [0.2, 0.25) is 0 Å². The Labute approximate surface area is 180 Å². The van der Waals surface area contributed by atoms with Crippen LogP contribution >= 0.6 is 0 Å². The summed E-state index contributed by atoms with van der Waals surface area (Å²) >= 11 is 0. The summed E-state index contributed by atoms with van der Waals surface area (Å²) in [5.74, 6) is 1.08. The first-order chi connectivity index (χ1) is 14.7. The van der Waals surface area contributed by atoms with Crippen molar-refractivity contribution in [3.8, 4) is 0 Å². The predicted molar refractivity (Wildman–Crippen MR) is 120 cm³/mol. The molecule has 0 aliphatic rings. The first kappa shape index (κ1) is 22.3. The van der Waals surface area contributed by atoms with Gasteiger partial charge in [-0.2, -0.15) is 4.98 Å². The number of aromatic amines is 1. The molecule has 0 aliphatic heterocycles. The van der Waals surface area contributed by atoms with Crippen LogP contribution in [0, 0.1) is 0 Å². The SMILES string of the molecule is CCCCn1c(N)c(N(Cc2ccccc2)Cc2nc(C(C)(C)C)no2)c(=O)[nH]c1=O. The van der Waals surface area contributed by atoms with E-state index >= 15 is 0 Å². The molecule has 9 heteroatoms. The Hall–Kier alpha value is -3.36.